The molecule has 75 valence electrons. The Hall–Kier alpha value is -0.520. The van der Waals surface area contributed by atoms with Gasteiger partial charge in [0.05, 0.1) is 0 Å². The smallest absolute Gasteiger partial charge is 0.00969 e. The monoisotopic (exact) mass is 187 g/mol. The average molecular weight is 187 g/mol. The summed E-state index contributed by atoms with van der Waals surface area (Å²) < 4.78 is 0. The molecule has 1 unspecified atom stereocenters. The molecular formula is C14H19. The lowest BCUT2D eigenvalue weighted by Gasteiger charge is -2.34. The zero-order valence-electron chi connectivity index (χ0n) is 8.94. The molecule has 1 atom stereocenters. The van der Waals surface area contributed by atoms with Crippen LogP contribution in [0.3, 0.4) is 0 Å². The van der Waals surface area contributed by atoms with Gasteiger partial charge in [0.25, 0.3) is 0 Å². The highest BCUT2D eigenvalue weighted by molar-refractivity contribution is 5.30. The van der Waals surface area contributed by atoms with Gasteiger partial charge in [-0.2, -0.15) is 0 Å². The molecule has 0 saturated carbocycles. The van der Waals surface area contributed by atoms with E-state index in [1.54, 1.807) is 11.1 Å². The standard InChI is InChI=1S/C14H19/c1-2-6-12-10-14-8-4-3-7-13(14)9-11(12)5-1/h13H,1-7,9-10H2. The second-order valence-corrected chi connectivity index (χ2v) is 5.09. The molecular weight excluding hydrogens is 168 g/mol. The van der Waals surface area contributed by atoms with Crippen molar-refractivity contribution in [3.8, 4) is 0 Å². The summed E-state index contributed by atoms with van der Waals surface area (Å²) in [5.41, 5.74) is 5.32. The first-order chi connectivity index (χ1) is 6.93. The van der Waals surface area contributed by atoms with Crippen molar-refractivity contribution in [3.05, 3.63) is 22.8 Å². The van der Waals surface area contributed by atoms with Gasteiger partial charge < -0.3 is 0 Å². The molecule has 0 nitrogen and oxygen atoms in total. The molecule has 0 amide bonds. The molecule has 0 aromatic carbocycles. The van der Waals surface area contributed by atoms with Gasteiger partial charge in [-0.05, 0) is 69.8 Å². The van der Waals surface area contributed by atoms with E-state index >= 15 is 0 Å². The maximum Gasteiger partial charge on any atom is -0.00969 e. The van der Waals surface area contributed by atoms with E-state index in [0.29, 0.717) is 0 Å². The van der Waals surface area contributed by atoms with E-state index in [1.807, 2.05) is 5.57 Å². The van der Waals surface area contributed by atoms with Gasteiger partial charge in [0, 0.05) is 0 Å². The van der Waals surface area contributed by atoms with Crippen LogP contribution in [-0.2, 0) is 0 Å². The van der Waals surface area contributed by atoms with E-state index in [9.17, 15) is 0 Å². The maximum absolute atomic E-state index is 3.64. The summed E-state index contributed by atoms with van der Waals surface area (Å²) in [6.07, 6.45) is 16.1. The van der Waals surface area contributed by atoms with Crippen LogP contribution < -0.4 is 0 Å². The van der Waals surface area contributed by atoms with Gasteiger partial charge in [-0.1, -0.05) is 16.7 Å². The van der Waals surface area contributed by atoms with Crippen LogP contribution in [0.15, 0.2) is 16.7 Å². The highest BCUT2D eigenvalue weighted by atomic mass is 14.3. The maximum atomic E-state index is 3.64. The summed E-state index contributed by atoms with van der Waals surface area (Å²) in [6.45, 7) is 0. The number of fused-ring (bicyclic) bond motifs is 1. The number of rotatable bonds is 0. The van der Waals surface area contributed by atoms with Crippen LogP contribution in [0.2, 0.25) is 0 Å². The van der Waals surface area contributed by atoms with E-state index in [0.717, 1.165) is 5.92 Å². The molecule has 0 heteroatoms. The van der Waals surface area contributed by atoms with Crippen molar-refractivity contribution in [3.63, 3.8) is 0 Å². The second-order valence-electron chi connectivity index (χ2n) is 5.09. The lowest BCUT2D eigenvalue weighted by molar-refractivity contribution is 0.447. The van der Waals surface area contributed by atoms with Gasteiger partial charge in [-0.15, -0.1) is 0 Å². The highest BCUT2D eigenvalue weighted by Crippen LogP contribution is 2.43. The Kier molecular flexibility index (Phi) is 2.23. The van der Waals surface area contributed by atoms with Crippen LogP contribution in [0.1, 0.15) is 57.8 Å². The van der Waals surface area contributed by atoms with Crippen LogP contribution in [0.25, 0.3) is 0 Å². The van der Waals surface area contributed by atoms with Crippen molar-refractivity contribution < 1.29 is 0 Å². The van der Waals surface area contributed by atoms with E-state index in [4.69, 9.17) is 0 Å². The summed E-state index contributed by atoms with van der Waals surface area (Å²) in [5, 5.41) is 0. The Balaban J connectivity index is 1.87. The summed E-state index contributed by atoms with van der Waals surface area (Å²) in [6, 6.07) is 0. The van der Waals surface area contributed by atoms with E-state index in [1.165, 1.54) is 57.8 Å². The van der Waals surface area contributed by atoms with Crippen LogP contribution in [-0.4, -0.2) is 0 Å². The Bertz CT molecular complexity index is 293. The minimum absolute atomic E-state index is 0.903. The normalized spacial score (nSPS) is 32.0. The number of hydrogen-bond acceptors (Lipinski definition) is 0. The van der Waals surface area contributed by atoms with Crippen molar-refractivity contribution in [2.75, 3.05) is 0 Å². The highest BCUT2D eigenvalue weighted by Gasteiger charge is 2.27. The fourth-order valence-electron chi connectivity index (χ4n) is 3.37. The summed E-state index contributed by atoms with van der Waals surface area (Å²) in [5.74, 6) is 0.903. The minimum atomic E-state index is 0.903. The van der Waals surface area contributed by atoms with Gasteiger partial charge in [0.2, 0.25) is 0 Å². The Morgan fingerprint density at radius 1 is 1.00 bits per heavy atom. The first-order valence-electron chi connectivity index (χ1n) is 6.23. The summed E-state index contributed by atoms with van der Waals surface area (Å²) in [4.78, 5) is 0. The third-order valence-electron chi connectivity index (χ3n) is 4.18. The lowest BCUT2D eigenvalue weighted by atomic mass is 9.71. The molecule has 14 heavy (non-hydrogen) atoms. The van der Waals surface area contributed by atoms with E-state index < -0.39 is 0 Å². The minimum Gasteiger partial charge on any atom is -0.0701 e. The molecule has 0 spiro atoms. The van der Waals surface area contributed by atoms with Gasteiger partial charge in [-0.3, -0.25) is 0 Å². The molecule has 0 aromatic heterocycles. The Morgan fingerprint density at radius 3 is 2.79 bits per heavy atom. The van der Waals surface area contributed by atoms with Crippen molar-refractivity contribution in [1.29, 1.82) is 0 Å². The van der Waals surface area contributed by atoms with Crippen molar-refractivity contribution >= 4 is 0 Å². The number of hydrogen-bond donors (Lipinski definition) is 0. The third kappa shape index (κ3) is 1.45. The molecule has 3 rings (SSSR count). The first kappa shape index (κ1) is 8.76. The van der Waals surface area contributed by atoms with Crippen molar-refractivity contribution in [2.45, 2.75) is 57.8 Å². The van der Waals surface area contributed by atoms with Gasteiger partial charge >= 0.3 is 0 Å². The molecule has 0 fully saturated rings. The van der Waals surface area contributed by atoms with Gasteiger partial charge in [0.1, 0.15) is 0 Å². The summed E-state index contributed by atoms with van der Waals surface area (Å²) in [7, 11) is 0. The molecule has 0 heterocycles. The van der Waals surface area contributed by atoms with E-state index in [-0.39, 0.29) is 0 Å². The van der Waals surface area contributed by atoms with Crippen molar-refractivity contribution in [2.24, 2.45) is 5.92 Å². The molecule has 0 N–H and O–H groups in total. The zero-order valence-corrected chi connectivity index (χ0v) is 8.94. The predicted molar refractivity (Wildman–Crippen MR) is 58.8 cm³/mol. The molecule has 0 saturated heterocycles. The Labute approximate surface area is 87.1 Å². The molecule has 0 aliphatic heterocycles. The largest absolute Gasteiger partial charge is 0.0701 e. The van der Waals surface area contributed by atoms with Crippen molar-refractivity contribution in [1.82, 2.24) is 0 Å². The van der Waals surface area contributed by atoms with Crippen LogP contribution in [0.4, 0.5) is 0 Å². The van der Waals surface area contributed by atoms with Crippen LogP contribution in [0, 0.1) is 12.0 Å². The molecule has 3 aliphatic carbocycles. The lowest BCUT2D eigenvalue weighted by Crippen LogP contribution is -2.18. The van der Waals surface area contributed by atoms with Gasteiger partial charge in [0.15, 0.2) is 0 Å². The zero-order chi connectivity index (χ0) is 9.38. The Morgan fingerprint density at radius 2 is 1.86 bits per heavy atom. The molecule has 1 radical (unpaired) electrons. The van der Waals surface area contributed by atoms with E-state index in [2.05, 4.69) is 6.08 Å². The molecule has 0 aromatic rings. The SMILES string of the molecule is [C]1=C2CC3=C(CCCC3)CC2CCC1. The average Bonchev–Trinajstić information content (AvgIpc) is 2.26. The van der Waals surface area contributed by atoms with Crippen LogP contribution in [0.5, 0.6) is 0 Å². The molecule has 0 bridgehead atoms. The fourth-order valence-corrected chi connectivity index (χ4v) is 3.37. The van der Waals surface area contributed by atoms with Crippen LogP contribution >= 0.6 is 0 Å². The summed E-state index contributed by atoms with van der Waals surface area (Å²) >= 11 is 0. The number of allylic oxidation sites excluding steroid dienone is 4. The second kappa shape index (κ2) is 3.56. The molecule has 3 aliphatic rings. The topological polar surface area (TPSA) is 0 Å². The first-order valence-corrected chi connectivity index (χ1v) is 6.23. The fraction of sp³-hybridized carbons (Fsp3) is 0.714. The van der Waals surface area contributed by atoms with Gasteiger partial charge in [-0.25, -0.2) is 0 Å². The predicted octanol–water partition coefficient (Wildman–Crippen LogP) is 4.18. The quantitative estimate of drug-likeness (QED) is 0.499. The third-order valence-corrected chi connectivity index (χ3v) is 4.18.